The normalized spacial score (nSPS) is 15.4. The first-order valence-corrected chi connectivity index (χ1v) is 10.1. The molecule has 0 atom stereocenters. The fraction of sp³-hybridized carbons (Fsp3) is 0.217. The number of nitrogen functional groups attached to an aromatic ring is 1. The molecular weight excluding hydrogens is 378 g/mol. The van der Waals surface area contributed by atoms with Crippen LogP contribution in [-0.4, -0.2) is 29.1 Å². The molecule has 1 saturated heterocycles. The van der Waals surface area contributed by atoms with Gasteiger partial charge in [-0.25, -0.2) is 0 Å². The van der Waals surface area contributed by atoms with E-state index < -0.39 is 0 Å². The molecule has 1 heterocycles. The molecular formula is C23H27N5S. The van der Waals surface area contributed by atoms with E-state index in [9.17, 15) is 0 Å². The third-order valence-corrected chi connectivity index (χ3v) is 5.38. The number of likely N-dealkylation sites (tertiary alicyclic amines) is 1. The second kappa shape index (κ2) is 9.49. The van der Waals surface area contributed by atoms with Crippen LogP contribution in [0.3, 0.4) is 0 Å². The topological polar surface area (TPSA) is 105 Å². The molecule has 150 valence electrons. The zero-order valence-electron chi connectivity index (χ0n) is 16.4. The number of anilines is 1. The summed E-state index contributed by atoms with van der Waals surface area (Å²) in [5.41, 5.74) is 23.3. The summed E-state index contributed by atoms with van der Waals surface area (Å²) < 4.78 is 0. The van der Waals surface area contributed by atoms with Crippen LogP contribution < -0.4 is 17.2 Å². The van der Waals surface area contributed by atoms with Gasteiger partial charge in [-0.1, -0.05) is 42.5 Å². The van der Waals surface area contributed by atoms with Crippen LogP contribution in [0.15, 0.2) is 54.4 Å². The van der Waals surface area contributed by atoms with Crippen molar-refractivity contribution in [2.45, 2.75) is 19.4 Å². The average Bonchev–Trinajstić information content (AvgIpc) is 3.22. The third-order valence-electron chi connectivity index (χ3n) is 5.13. The zero-order chi connectivity index (χ0) is 20.8. The second-order valence-electron chi connectivity index (χ2n) is 7.24. The van der Waals surface area contributed by atoms with Crippen LogP contribution in [0.5, 0.6) is 0 Å². The molecule has 0 saturated carbocycles. The van der Waals surface area contributed by atoms with Gasteiger partial charge in [-0.3, -0.25) is 10.3 Å². The lowest BCUT2D eigenvalue weighted by Gasteiger charge is -2.15. The molecule has 1 aliphatic rings. The maximum Gasteiger partial charge on any atom is 0.0862 e. The average molecular weight is 406 g/mol. The lowest BCUT2D eigenvalue weighted by molar-refractivity contribution is 0.331. The highest BCUT2D eigenvalue weighted by Gasteiger charge is 2.13. The van der Waals surface area contributed by atoms with Crippen LogP contribution >= 0.6 is 12.2 Å². The van der Waals surface area contributed by atoms with Gasteiger partial charge >= 0.3 is 0 Å². The van der Waals surface area contributed by atoms with Gasteiger partial charge in [0.05, 0.1) is 11.4 Å². The van der Waals surface area contributed by atoms with E-state index in [1.165, 1.54) is 30.0 Å². The molecule has 29 heavy (non-hydrogen) atoms. The number of hydrogen-bond donors (Lipinski definition) is 4. The highest BCUT2D eigenvalue weighted by molar-refractivity contribution is 7.79. The predicted octanol–water partition coefficient (Wildman–Crippen LogP) is 3.53. The van der Waals surface area contributed by atoms with E-state index in [-0.39, 0.29) is 5.71 Å². The second-order valence-corrected chi connectivity index (χ2v) is 7.48. The van der Waals surface area contributed by atoms with Crippen molar-refractivity contribution in [3.8, 4) is 0 Å². The summed E-state index contributed by atoms with van der Waals surface area (Å²) in [5.74, 6) is 0. The van der Waals surface area contributed by atoms with Crippen molar-refractivity contribution < 1.29 is 0 Å². The molecule has 1 aliphatic heterocycles. The first-order chi connectivity index (χ1) is 14.0. The van der Waals surface area contributed by atoms with Gasteiger partial charge in [0.2, 0.25) is 0 Å². The van der Waals surface area contributed by atoms with E-state index in [0.29, 0.717) is 22.5 Å². The van der Waals surface area contributed by atoms with Crippen LogP contribution in [0, 0.1) is 5.41 Å². The van der Waals surface area contributed by atoms with Crippen molar-refractivity contribution in [3.63, 3.8) is 0 Å². The molecule has 0 aliphatic carbocycles. The van der Waals surface area contributed by atoms with Crippen LogP contribution in [0.2, 0.25) is 0 Å². The molecule has 0 unspecified atom stereocenters. The molecule has 0 bridgehead atoms. The maximum atomic E-state index is 8.54. The first kappa shape index (κ1) is 20.8. The van der Waals surface area contributed by atoms with Crippen LogP contribution in [-0.2, 0) is 6.54 Å². The fourth-order valence-electron chi connectivity index (χ4n) is 3.54. The Balaban J connectivity index is 1.83. The summed E-state index contributed by atoms with van der Waals surface area (Å²) in [4.78, 5) is 2.46. The third kappa shape index (κ3) is 5.10. The van der Waals surface area contributed by atoms with Crippen LogP contribution in [0.4, 0.5) is 5.69 Å². The summed E-state index contributed by atoms with van der Waals surface area (Å²) >= 11 is 5.00. The minimum Gasteiger partial charge on any atom is -0.404 e. The zero-order valence-corrected chi connectivity index (χ0v) is 17.2. The number of nitrogens with zero attached hydrogens (tertiary/aromatic N) is 1. The monoisotopic (exact) mass is 405 g/mol. The Morgan fingerprint density at radius 1 is 1.14 bits per heavy atom. The number of hydrogen-bond acceptors (Lipinski definition) is 6. The van der Waals surface area contributed by atoms with E-state index in [1.807, 2.05) is 24.3 Å². The number of allylic oxidation sites excluding steroid dienone is 2. The van der Waals surface area contributed by atoms with Crippen molar-refractivity contribution in [2.24, 2.45) is 11.5 Å². The van der Waals surface area contributed by atoms with Gasteiger partial charge in [-0.2, -0.15) is 0 Å². The van der Waals surface area contributed by atoms with Crippen molar-refractivity contribution in [2.75, 3.05) is 18.8 Å². The standard InChI is InChI=1S/C23H27N5S/c24-13-19(15-29)18-6-7-21(25)20(12-18)23(27)22(26)11-16-4-3-5-17(10-16)14-28-8-1-2-9-28/h3-7,10-13,15,27H,1-2,8-9,14,24-26H2/b19-13+,22-11-,27-23?. The molecule has 6 heteroatoms. The predicted molar refractivity (Wildman–Crippen MR) is 127 cm³/mol. The summed E-state index contributed by atoms with van der Waals surface area (Å²) in [6, 6.07) is 13.6. The minimum atomic E-state index is 0.176. The Morgan fingerprint density at radius 3 is 2.59 bits per heavy atom. The van der Waals surface area contributed by atoms with Gasteiger partial charge in [0.1, 0.15) is 0 Å². The summed E-state index contributed by atoms with van der Waals surface area (Å²) in [5, 5.41) is 10.0. The largest absolute Gasteiger partial charge is 0.404 e. The SMILES string of the molecule is N=C(/C(N)=C/c1cccc(CN2CCCC2)c1)c1cc(/C(C=S)=C/N)ccc1N. The molecule has 0 aromatic heterocycles. The Morgan fingerprint density at radius 2 is 1.90 bits per heavy atom. The molecule has 0 amide bonds. The Labute approximate surface area is 177 Å². The van der Waals surface area contributed by atoms with Crippen LogP contribution in [0.25, 0.3) is 11.6 Å². The Kier molecular flexibility index (Phi) is 6.80. The van der Waals surface area contributed by atoms with E-state index in [0.717, 1.165) is 30.8 Å². The lowest BCUT2D eigenvalue weighted by atomic mass is 9.98. The van der Waals surface area contributed by atoms with E-state index >= 15 is 0 Å². The van der Waals surface area contributed by atoms with Gasteiger partial charge in [0, 0.05) is 34.9 Å². The van der Waals surface area contributed by atoms with Gasteiger partial charge in [-0.05, 0) is 60.8 Å². The first-order valence-electron chi connectivity index (χ1n) is 9.66. The smallest absolute Gasteiger partial charge is 0.0862 e. The summed E-state index contributed by atoms with van der Waals surface area (Å²) in [6.07, 6.45) is 5.81. The summed E-state index contributed by atoms with van der Waals surface area (Å²) in [7, 11) is 0. The highest BCUT2D eigenvalue weighted by atomic mass is 32.1. The highest BCUT2D eigenvalue weighted by Crippen LogP contribution is 2.22. The number of nitrogens with two attached hydrogens (primary N) is 3. The van der Waals surface area contributed by atoms with Crippen molar-refractivity contribution >= 4 is 40.6 Å². The molecule has 0 radical (unpaired) electrons. The van der Waals surface area contributed by atoms with E-state index in [2.05, 4.69) is 17.0 Å². The lowest BCUT2D eigenvalue weighted by Crippen LogP contribution is -2.18. The molecule has 2 aromatic carbocycles. The van der Waals surface area contributed by atoms with E-state index in [1.54, 1.807) is 12.1 Å². The number of nitrogens with one attached hydrogen (secondary N) is 1. The van der Waals surface area contributed by atoms with Gasteiger partial charge in [-0.15, -0.1) is 0 Å². The molecule has 3 rings (SSSR count). The fourth-order valence-corrected chi connectivity index (χ4v) is 3.76. The van der Waals surface area contributed by atoms with E-state index in [4.69, 9.17) is 34.8 Å². The molecule has 2 aromatic rings. The molecule has 7 N–H and O–H groups in total. The Hall–Kier alpha value is -2.96. The van der Waals surface area contributed by atoms with Crippen molar-refractivity contribution in [3.05, 3.63) is 76.6 Å². The number of benzene rings is 2. The maximum absolute atomic E-state index is 8.54. The quantitative estimate of drug-likeness (QED) is 0.244. The van der Waals surface area contributed by atoms with Crippen molar-refractivity contribution in [1.82, 2.24) is 4.90 Å². The molecule has 1 fully saturated rings. The summed E-state index contributed by atoms with van der Waals surface area (Å²) in [6.45, 7) is 3.26. The Bertz CT molecular complexity index is 971. The minimum absolute atomic E-state index is 0.176. The molecule has 0 spiro atoms. The van der Waals surface area contributed by atoms with Crippen LogP contribution in [0.1, 0.15) is 35.1 Å². The number of rotatable bonds is 7. The number of thiocarbonyl (C=S) groups is 1. The van der Waals surface area contributed by atoms with Gasteiger partial charge in [0.15, 0.2) is 0 Å². The molecule has 5 nitrogen and oxygen atoms in total. The van der Waals surface area contributed by atoms with Gasteiger partial charge in [0.25, 0.3) is 0 Å². The van der Waals surface area contributed by atoms with Gasteiger partial charge < -0.3 is 17.2 Å². The van der Waals surface area contributed by atoms with Crippen molar-refractivity contribution in [1.29, 1.82) is 5.41 Å².